The molecule has 0 N–H and O–H groups in total. The summed E-state index contributed by atoms with van der Waals surface area (Å²) in [5.74, 6) is 0. The smallest absolute Gasteiger partial charge is 0.158 e. The summed E-state index contributed by atoms with van der Waals surface area (Å²) in [5.41, 5.74) is 4.48. The van der Waals surface area contributed by atoms with Crippen LogP contribution < -0.4 is 0 Å². The molecule has 0 unspecified atom stereocenters. The highest BCUT2D eigenvalue weighted by molar-refractivity contribution is 6.38. The van der Waals surface area contributed by atoms with Crippen LogP contribution >= 0.6 is 23.2 Å². The largest absolute Gasteiger partial charge is 0.216 e. The van der Waals surface area contributed by atoms with Crippen molar-refractivity contribution in [3.63, 3.8) is 0 Å². The number of nitrogens with zero attached hydrogens (tertiary/aromatic N) is 3. The fourth-order valence-electron chi connectivity index (χ4n) is 2.44. The van der Waals surface area contributed by atoms with Crippen molar-refractivity contribution in [1.82, 2.24) is 14.6 Å². The molecule has 0 aliphatic heterocycles. The van der Waals surface area contributed by atoms with Gasteiger partial charge in [-0.25, -0.2) is 9.50 Å². The van der Waals surface area contributed by atoms with Crippen molar-refractivity contribution < 1.29 is 0 Å². The minimum absolute atomic E-state index is 0.407. The van der Waals surface area contributed by atoms with Crippen molar-refractivity contribution >= 4 is 28.8 Å². The Morgan fingerprint density at radius 1 is 1.19 bits per heavy atom. The van der Waals surface area contributed by atoms with Crippen molar-refractivity contribution in [3.05, 3.63) is 51.9 Å². The third kappa shape index (κ3) is 2.52. The van der Waals surface area contributed by atoms with E-state index in [-0.39, 0.29) is 0 Å². The van der Waals surface area contributed by atoms with Gasteiger partial charge in [0.05, 0.1) is 11.3 Å². The first-order valence-corrected chi connectivity index (χ1v) is 7.67. The van der Waals surface area contributed by atoms with Gasteiger partial charge in [-0.1, -0.05) is 60.8 Å². The minimum Gasteiger partial charge on any atom is -0.216 e. The number of aryl methyl sites for hydroxylation is 2. The summed E-state index contributed by atoms with van der Waals surface area (Å²) in [6.07, 6.45) is 1.93. The number of aromatic nitrogens is 3. The van der Waals surface area contributed by atoms with Gasteiger partial charge in [-0.2, -0.15) is 5.10 Å². The van der Waals surface area contributed by atoms with E-state index in [2.05, 4.69) is 17.0 Å². The lowest BCUT2D eigenvalue weighted by Crippen LogP contribution is -1.98. The Morgan fingerprint density at radius 2 is 1.95 bits per heavy atom. The maximum atomic E-state index is 6.54. The zero-order valence-corrected chi connectivity index (χ0v) is 13.4. The average Bonchev–Trinajstić information content (AvgIpc) is 2.84. The Labute approximate surface area is 133 Å². The first-order valence-electron chi connectivity index (χ1n) is 6.91. The van der Waals surface area contributed by atoms with Gasteiger partial charge in [0.15, 0.2) is 5.65 Å². The lowest BCUT2D eigenvalue weighted by Gasteiger charge is -2.10. The van der Waals surface area contributed by atoms with Gasteiger partial charge in [-0.05, 0) is 24.5 Å². The molecule has 0 bridgehead atoms. The number of benzene rings is 1. The van der Waals surface area contributed by atoms with E-state index in [4.69, 9.17) is 23.2 Å². The molecule has 0 atom stereocenters. The maximum absolute atomic E-state index is 6.54. The third-order valence-corrected chi connectivity index (χ3v) is 4.10. The summed E-state index contributed by atoms with van der Waals surface area (Å²) in [4.78, 5) is 4.44. The third-order valence-electron chi connectivity index (χ3n) is 3.47. The van der Waals surface area contributed by atoms with Gasteiger partial charge in [0.1, 0.15) is 10.3 Å². The zero-order chi connectivity index (χ0) is 15.0. The molecule has 0 saturated carbocycles. The lowest BCUT2D eigenvalue weighted by atomic mass is 10.0. The SMILES string of the molecule is CCCc1cc2nc(Cl)c(-c3ccccc3C)c(Cl)n2n1. The second kappa shape index (κ2) is 5.66. The minimum atomic E-state index is 0.407. The molecule has 2 aromatic heterocycles. The van der Waals surface area contributed by atoms with Gasteiger partial charge in [0.25, 0.3) is 0 Å². The Balaban J connectivity index is 2.26. The molecule has 0 aliphatic carbocycles. The summed E-state index contributed by atoms with van der Waals surface area (Å²) in [5, 5.41) is 5.43. The molecule has 1 aromatic carbocycles. The molecular weight excluding hydrogens is 305 g/mol. The highest BCUT2D eigenvalue weighted by Gasteiger charge is 2.17. The predicted molar refractivity (Wildman–Crippen MR) is 87.2 cm³/mol. The first kappa shape index (κ1) is 14.4. The van der Waals surface area contributed by atoms with Crippen molar-refractivity contribution in [1.29, 1.82) is 0 Å². The molecule has 5 heteroatoms. The van der Waals surface area contributed by atoms with Crippen LogP contribution in [0.15, 0.2) is 30.3 Å². The van der Waals surface area contributed by atoms with Gasteiger partial charge < -0.3 is 0 Å². The number of halogens is 2. The monoisotopic (exact) mass is 319 g/mol. The molecular formula is C16H15Cl2N3. The van der Waals surface area contributed by atoms with Gasteiger partial charge in [-0.15, -0.1) is 0 Å². The van der Waals surface area contributed by atoms with Crippen LogP contribution in [0.2, 0.25) is 10.3 Å². The molecule has 3 aromatic rings. The molecule has 3 rings (SSSR count). The molecule has 0 amide bonds. The van der Waals surface area contributed by atoms with Gasteiger partial charge in [-0.3, -0.25) is 0 Å². The predicted octanol–water partition coefficient (Wildman–Crippen LogP) is 4.96. The van der Waals surface area contributed by atoms with Crippen LogP contribution in [0, 0.1) is 6.92 Å². The van der Waals surface area contributed by atoms with Crippen molar-refractivity contribution in [3.8, 4) is 11.1 Å². The van der Waals surface area contributed by atoms with E-state index < -0.39 is 0 Å². The summed E-state index contributed by atoms with van der Waals surface area (Å²) in [6, 6.07) is 9.90. The Morgan fingerprint density at radius 3 is 2.67 bits per heavy atom. The molecule has 0 saturated heterocycles. The Bertz CT molecular complexity index is 809. The molecule has 0 aliphatic rings. The number of hydrogen-bond acceptors (Lipinski definition) is 2. The van der Waals surface area contributed by atoms with Gasteiger partial charge in [0, 0.05) is 6.07 Å². The quantitative estimate of drug-likeness (QED) is 0.638. The van der Waals surface area contributed by atoms with Crippen molar-refractivity contribution in [2.45, 2.75) is 26.7 Å². The van der Waals surface area contributed by atoms with Crippen LogP contribution in [0.4, 0.5) is 0 Å². The zero-order valence-electron chi connectivity index (χ0n) is 11.9. The summed E-state index contributed by atoms with van der Waals surface area (Å²) >= 11 is 12.9. The highest BCUT2D eigenvalue weighted by Crippen LogP contribution is 2.35. The van der Waals surface area contributed by atoms with Crippen LogP contribution in [-0.2, 0) is 6.42 Å². The van der Waals surface area contributed by atoms with Crippen LogP contribution in [0.5, 0.6) is 0 Å². The standard InChI is InChI=1S/C16H15Cl2N3/c1-3-6-11-9-13-19-15(17)14(16(18)21(13)20-11)12-8-5-4-7-10(12)2/h4-5,7-9H,3,6H2,1-2H3. The number of hydrogen-bond donors (Lipinski definition) is 0. The van der Waals surface area contributed by atoms with Crippen LogP contribution in [0.3, 0.4) is 0 Å². The number of rotatable bonds is 3. The molecule has 108 valence electrons. The summed E-state index contributed by atoms with van der Waals surface area (Å²) in [7, 11) is 0. The second-order valence-electron chi connectivity index (χ2n) is 5.04. The number of fused-ring (bicyclic) bond motifs is 1. The van der Waals surface area contributed by atoms with E-state index in [1.165, 1.54) is 0 Å². The molecule has 0 radical (unpaired) electrons. The van der Waals surface area contributed by atoms with Gasteiger partial charge in [0.2, 0.25) is 0 Å². The van der Waals surface area contributed by atoms with Crippen molar-refractivity contribution in [2.75, 3.05) is 0 Å². The molecule has 21 heavy (non-hydrogen) atoms. The van der Waals surface area contributed by atoms with E-state index in [1.54, 1.807) is 4.52 Å². The van der Waals surface area contributed by atoms with E-state index in [9.17, 15) is 0 Å². The van der Waals surface area contributed by atoms with E-state index in [0.29, 0.717) is 16.0 Å². The Hall–Kier alpha value is -1.58. The fraction of sp³-hybridized carbons (Fsp3) is 0.250. The van der Waals surface area contributed by atoms with Gasteiger partial charge >= 0.3 is 0 Å². The summed E-state index contributed by atoms with van der Waals surface area (Å²) in [6.45, 7) is 4.14. The summed E-state index contributed by atoms with van der Waals surface area (Å²) < 4.78 is 1.67. The van der Waals surface area contributed by atoms with E-state index >= 15 is 0 Å². The van der Waals surface area contributed by atoms with Crippen LogP contribution in [0.25, 0.3) is 16.8 Å². The fourth-order valence-corrected chi connectivity index (χ4v) is 3.09. The maximum Gasteiger partial charge on any atom is 0.158 e. The lowest BCUT2D eigenvalue weighted by molar-refractivity contribution is 0.834. The second-order valence-corrected chi connectivity index (χ2v) is 5.76. The van der Waals surface area contributed by atoms with Crippen LogP contribution in [-0.4, -0.2) is 14.6 Å². The first-order chi connectivity index (χ1) is 10.1. The normalized spacial score (nSPS) is 11.2. The topological polar surface area (TPSA) is 30.2 Å². The van der Waals surface area contributed by atoms with E-state index in [1.807, 2.05) is 37.3 Å². The average molecular weight is 320 g/mol. The van der Waals surface area contributed by atoms with Crippen LogP contribution in [0.1, 0.15) is 24.6 Å². The molecule has 2 heterocycles. The molecule has 0 spiro atoms. The Kier molecular flexibility index (Phi) is 3.87. The highest BCUT2D eigenvalue weighted by atomic mass is 35.5. The van der Waals surface area contributed by atoms with Crippen molar-refractivity contribution in [2.24, 2.45) is 0 Å². The molecule has 0 fully saturated rings. The van der Waals surface area contributed by atoms with E-state index in [0.717, 1.165) is 35.2 Å². The molecule has 3 nitrogen and oxygen atoms in total.